The number of carbonyl (C=O) groups is 1. The van der Waals surface area contributed by atoms with Gasteiger partial charge < -0.3 is 14.3 Å². The van der Waals surface area contributed by atoms with Crippen molar-refractivity contribution < 1.29 is 13.7 Å². The molecule has 5 aromatic rings. The maximum atomic E-state index is 13.0. The number of furan rings is 1. The fourth-order valence-electron chi connectivity index (χ4n) is 3.44. The van der Waals surface area contributed by atoms with E-state index >= 15 is 0 Å². The molecule has 32 heavy (non-hydrogen) atoms. The van der Waals surface area contributed by atoms with Gasteiger partial charge in [0.25, 0.3) is 5.91 Å². The van der Waals surface area contributed by atoms with E-state index in [4.69, 9.17) is 8.94 Å². The van der Waals surface area contributed by atoms with Gasteiger partial charge >= 0.3 is 0 Å². The molecule has 3 heterocycles. The van der Waals surface area contributed by atoms with Crippen LogP contribution in [0, 0.1) is 6.92 Å². The molecule has 0 atom stereocenters. The topological polar surface area (TPSA) is 99.0 Å². The van der Waals surface area contributed by atoms with Crippen LogP contribution in [-0.2, 0) is 6.42 Å². The molecule has 0 aliphatic heterocycles. The van der Waals surface area contributed by atoms with Crippen molar-refractivity contribution in [3.8, 4) is 17.3 Å². The van der Waals surface area contributed by atoms with Crippen molar-refractivity contribution in [3.05, 3.63) is 102 Å². The molecule has 1 N–H and O–H groups in total. The first-order chi connectivity index (χ1) is 15.7. The average Bonchev–Trinajstić information content (AvgIpc) is 3.57. The van der Waals surface area contributed by atoms with Crippen LogP contribution in [0.1, 0.15) is 27.5 Å². The van der Waals surface area contributed by atoms with Crippen LogP contribution in [0.3, 0.4) is 0 Å². The quantitative estimate of drug-likeness (QED) is 0.425. The van der Waals surface area contributed by atoms with Gasteiger partial charge in [0, 0.05) is 5.69 Å². The summed E-state index contributed by atoms with van der Waals surface area (Å²) in [7, 11) is 0. The number of hydrogen-bond donors (Lipinski definition) is 1. The number of nitrogens with one attached hydrogen (secondary N) is 1. The van der Waals surface area contributed by atoms with E-state index < -0.39 is 0 Å². The summed E-state index contributed by atoms with van der Waals surface area (Å²) < 4.78 is 12.4. The normalized spacial score (nSPS) is 10.9. The van der Waals surface area contributed by atoms with Crippen molar-refractivity contribution in [3.63, 3.8) is 0 Å². The second-order valence-corrected chi connectivity index (χ2v) is 7.17. The molecule has 5 rings (SSSR count). The van der Waals surface area contributed by atoms with Crippen molar-refractivity contribution in [2.45, 2.75) is 13.3 Å². The van der Waals surface area contributed by atoms with Gasteiger partial charge in [-0.3, -0.25) is 4.79 Å². The molecule has 0 spiro atoms. The second-order valence-electron chi connectivity index (χ2n) is 7.17. The minimum atomic E-state index is -0.237. The van der Waals surface area contributed by atoms with E-state index in [1.165, 1.54) is 0 Å². The average molecular weight is 425 g/mol. The lowest BCUT2D eigenvalue weighted by Crippen LogP contribution is -2.14. The Morgan fingerprint density at radius 3 is 2.66 bits per heavy atom. The molecule has 8 heteroatoms. The molecule has 0 saturated carbocycles. The molecule has 2 aromatic carbocycles. The molecular formula is C24H19N5O3. The summed E-state index contributed by atoms with van der Waals surface area (Å²) in [4.78, 5) is 17.4. The van der Waals surface area contributed by atoms with Crippen LogP contribution in [-0.4, -0.2) is 25.8 Å². The van der Waals surface area contributed by atoms with Gasteiger partial charge in [-0.05, 0) is 42.8 Å². The van der Waals surface area contributed by atoms with Crippen molar-refractivity contribution in [2.75, 3.05) is 5.32 Å². The third-order valence-electron chi connectivity index (χ3n) is 5.07. The Kier molecular flexibility index (Phi) is 5.09. The summed E-state index contributed by atoms with van der Waals surface area (Å²) in [6, 6.07) is 20.7. The van der Waals surface area contributed by atoms with Crippen LogP contribution in [0.15, 0.2) is 88.1 Å². The zero-order chi connectivity index (χ0) is 21.9. The monoisotopic (exact) mass is 425 g/mol. The lowest BCUT2D eigenvalue weighted by atomic mass is 10.1. The molecule has 8 nitrogen and oxygen atoms in total. The highest BCUT2D eigenvalue weighted by Gasteiger charge is 2.18. The Morgan fingerprint density at radius 1 is 1.03 bits per heavy atom. The zero-order valence-electron chi connectivity index (χ0n) is 17.2. The van der Waals surface area contributed by atoms with E-state index in [9.17, 15) is 4.79 Å². The molecule has 0 aliphatic carbocycles. The van der Waals surface area contributed by atoms with Crippen molar-refractivity contribution in [2.24, 2.45) is 0 Å². The molecular weight excluding hydrogens is 406 g/mol. The summed E-state index contributed by atoms with van der Waals surface area (Å²) in [5.74, 6) is 1.10. The van der Waals surface area contributed by atoms with Gasteiger partial charge in [0.05, 0.1) is 35.8 Å². The van der Waals surface area contributed by atoms with Crippen molar-refractivity contribution in [1.82, 2.24) is 19.9 Å². The van der Waals surface area contributed by atoms with Crippen LogP contribution in [0.5, 0.6) is 0 Å². The van der Waals surface area contributed by atoms with E-state index in [0.717, 1.165) is 16.9 Å². The smallest absolute Gasteiger partial charge is 0.259 e. The molecule has 1 amide bonds. The van der Waals surface area contributed by atoms with Gasteiger partial charge in [0.15, 0.2) is 5.76 Å². The van der Waals surface area contributed by atoms with Gasteiger partial charge in [-0.2, -0.15) is 10.1 Å². The Labute approximate surface area is 183 Å². The summed E-state index contributed by atoms with van der Waals surface area (Å²) >= 11 is 0. The Morgan fingerprint density at radius 2 is 1.84 bits per heavy atom. The van der Waals surface area contributed by atoms with Crippen molar-refractivity contribution in [1.29, 1.82) is 0 Å². The predicted octanol–water partition coefficient (Wildman–Crippen LogP) is 4.67. The molecule has 158 valence electrons. The number of nitrogens with zero attached hydrogens (tertiary/aromatic N) is 4. The van der Waals surface area contributed by atoms with Gasteiger partial charge in [0.2, 0.25) is 11.7 Å². The molecule has 0 bridgehead atoms. The molecule has 0 fully saturated rings. The van der Waals surface area contributed by atoms with Gasteiger partial charge in [-0.15, -0.1) is 0 Å². The summed E-state index contributed by atoms with van der Waals surface area (Å²) in [6.07, 6.45) is 3.50. The zero-order valence-corrected chi connectivity index (χ0v) is 17.2. The highest BCUT2D eigenvalue weighted by Crippen LogP contribution is 2.22. The highest BCUT2D eigenvalue weighted by atomic mass is 16.5. The number of amides is 1. The number of aromatic nitrogens is 4. The first-order valence-corrected chi connectivity index (χ1v) is 10.0. The SMILES string of the molecule is Cc1c(C(=O)Nc2ccccc2Cc2nc(-c3ccco3)no2)cnn1-c1ccccc1. The maximum Gasteiger partial charge on any atom is 0.259 e. The van der Waals surface area contributed by atoms with E-state index in [2.05, 4.69) is 20.6 Å². The number of hydrogen-bond acceptors (Lipinski definition) is 6. The van der Waals surface area contributed by atoms with E-state index in [-0.39, 0.29) is 5.91 Å². The first kappa shape index (κ1) is 19.5. The third-order valence-corrected chi connectivity index (χ3v) is 5.07. The van der Waals surface area contributed by atoms with Crippen LogP contribution in [0.2, 0.25) is 0 Å². The summed E-state index contributed by atoms with van der Waals surface area (Å²) in [5, 5.41) is 11.3. The predicted molar refractivity (Wildman–Crippen MR) is 118 cm³/mol. The van der Waals surface area contributed by atoms with E-state index in [0.29, 0.717) is 35.1 Å². The van der Waals surface area contributed by atoms with E-state index in [1.54, 1.807) is 29.3 Å². The molecule has 3 aromatic heterocycles. The third kappa shape index (κ3) is 3.81. The first-order valence-electron chi connectivity index (χ1n) is 10.0. The van der Waals surface area contributed by atoms with Crippen molar-refractivity contribution >= 4 is 11.6 Å². The molecule has 0 radical (unpaired) electrons. The lowest BCUT2D eigenvalue weighted by molar-refractivity contribution is 0.102. The van der Waals surface area contributed by atoms with Gasteiger partial charge in [-0.1, -0.05) is 41.6 Å². The second kappa shape index (κ2) is 8.35. The fourth-order valence-corrected chi connectivity index (χ4v) is 3.44. The molecule has 0 aliphatic rings. The summed E-state index contributed by atoms with van der Waals surface area (Å²) in [6.45, 7) is 1.87. The number of carbonyl (C=O) groups excluding carboxylic acids is 1. The number of rotatable bonds is 6. The maximum absolute atomic E-state index is 13.0. The largest absolute Gasteiger partial charge is 0.461 e. The van der Waals surface area contributed by atoms with Crippen LogP contribution in [0.25, 0.3) is 17.3 Å². The Balaban J connectivity index is 1.36. The van der Waals surface area contributed by atoms with E-state index in [1.807, 2.05) is 61.5 Å². The standard InChI is InChI=1S/C24H19N5O3/c1-16-19(15-25-29(16)18-9-3-2-4-10-18)24(30)26-20-11-6-5-8-17(20)14-22-27-23(28-32-22)21-12-7-13-31-21/h2-13,15H,14H2,1H3,(H,26,30). The van der Waals surface area contributed by atoms with Crippen LogP contribution in [0.4, 0.5) is 5.69 Å². The minimum Gasteiger partial charge on any atom is -0.461 e. The van der Waals surface area contributed by atoms with Gasteiger partial charge in [-0.25, -0.2) is 4.68 Å². The number of benzene rings is 2. The minimum absolute atomic E-state index is 0.237. The molecule has 0 saturated heterocycles. The fraction of sp³-hybridized carbons (Fsp3) is 0.0833. The Bertz CT molecular complexity index is 1350. The van der Waals surface area contributed by atoms with Crippen LogP contribution >= 0.6 is 0 Å². The number of anilines is 1. The highest BCUT2D eigenvalue weighted by molar-refractivity contribution is 6.05. The van der Waals surface area contributed by atoms with Crippen LogP contribution < -0.4 is 5.32 Å². The lowest BCUT2D eigenvalue weighted by Gasteiger charge is -2.10. The summed E-state index contributed by atoms with van der Waals surface area (Å²) in [5.41, 5.74) is 3.67. The Hall–Kier alpha value is -4.46. The number of para-hydroxylation sites is 2. The molecule has 0 unspecified atom stereocenters. The van der Waals surface area contributed by atoms with Gasteiger partial charge in [0.1, 0.15) is 0 Å².